The molecule has 11 heteroatoms. The van der Waals surface area contributed by atoms with Gasteiger partial charge < -0.3 is 0 Å². The van der Waals surface area contributed by atoms with Crippen LogP contribution in [0.1, 0.15) is 11.4 Å². The van der Waals surface area contributed by atoms with Gasteiger partial charge in [-0.05, 0) is 25.1 Å². The second-order valence-electron chi connectivity index (χ2n) is 5.37. The lowest BCUT2D eigenvalue weighted by Gasteiger charge is -2.06. The first-order chi connectivity index (χ1) is 12.1. The van der Waals surface area contributed by atoms with Crippen molar-refractivity contribution < 1.29 is 26.1 Å². The van der Waals surface area contributed by atoms with Crippen LogP contribution in [0.2, 0.25) is 0 Å². The Balaban J connectivity index is 2.18. The molecule has 0 saturated carbocycles. The molecule has 7 nitrogen and oxygen atoms in total. The first kappa shape index (κ1) is 18.0. The van der Waals surface area contributed by atoms with Crippen LogP contribution < -0.4 is 0 Å². The first-order valence-electron chi connectivity index (χ1n) is 7.11. The topological polar surface area (TPSA) is 98.0 Å². The molecular weight excluding hydrogens is 373 g/mol. The molecule has 0 aliphatic heterocycles. The molecule has 1 aromatic carbocycles. The van der Waals surface area contributed by atoms with Crippen molar-refractivity contribution in [2.24, 2.45) is 0 Å². The van der Waals surface area contributed by atoms with Gasteiger partial charge in [0.05, 0.1) is 6.20 Å². The average molecular weight is 384 g/mol. The van der Waals surface area contributed by atoms with Crippen molar-refractivity contribution in [3.05, 3.63) is 54.0 Å². The van der Waals surface area contributed by atoms with Crippen molar-refractivity contribution in [2.45, 2.75) is 18.0 Å². The molecule has 0 spiro atoms. The molecule has 0 amide bonds. The van der Waals surface area contributed by atoms with Crippen LogP contribution in [0.5, 0.6) is 0 Å². The molecule has 3 rings (SSSR count). The summed E-state index contributed by atoms with van der Waals surface area (Å²) in [5, 5.41) is 3.46. The highest BCUT2D eigenvalue weighted by Gasteiger charge is 2.37. The van der Waals surface area contributed by atoms with Gasteiger partial charge in [0, 0.05) is 5.56 Å². The molecule has 136 valence electrons. The molecule has 0 saturated heterocycles. The van der Waals surface area contributed by atoms with Crippen LogP contribution in [0.4, 0.5) is 13.2 Å². The third-order valence-electron chi connectivity index (χ3n) is 3.37. The number of rotatable bonds is 3. The summed E-state index contributed by atoms with van der Waals surface area (Å²) in [6, 6.07) is 8.76. The van der Waals surface area contributed by atoms with Crippen LogP contribution in [0.3, 0.4) is 0 Å². The van der Waals surface area contributed by atoms with E-state index in [1.807, 2.05) is 0 Å². The second kappa shape index (κ2) is 6.18. The van der Waals surface area contributed by atoms with Gasteiger partial charge in [-0.1, -0.05) is 23.8 Å². The van der Waals surface area contributed by atoms with E-state index in [2.05, 4.69) is 15.1 Å². The minimum Gasteiger partial charge on any atom is -0.282 e. The Morgan fingerprint density at radius 1 is 1.15 bits per heavy atom. The molecule has 0 atom stereocenters. The largest absolute Gasteiger partial charge is 0.453 e. The second-order valence-corrected chi connectivity index (χ2v) is 6.79. The number of hydrogen-bond acceptors (Lipinski definition) is 5. The van der Waals surface area contributed by atoms with E-state index in [4.69, 9.17) is 4.55 Å². The molecule has 0 aliphatic carbocycles. The minimum atomic E-state index is -4.77. The highest BCUT2D eigenvalue weighted by Crippen LogP contribution is 2.30. The van der Waals surface area contributed by atoms with Crippen LogP contribution in [-0.4, -0.2) is 32.7 Å². The van der Waals surface area contributed by atoms with Gasteiger partial charge in [-0.25, -0.2) is 9.97 Å². The summed E-state index contributed by atoms with van der Waals surface area (Å²) in [7, 11) is -4.48. The summed E-state index contributed by atoms with van der Waals surface area (Å²) in [6.07, 6.45) is -3.95. The van der Waals surface area contributed by atoms with Crippen LogP contribution >= 0.6 is 0 Å². The highest BCUT2D eigenvalue weighted by atomic mass is 32.2. The van der Waals surface area contributed by atoms with Gasteiger partial charge in [-0.2, -0.15) is 26.3 Å². The van der Waals surface area contributed by atoms with E-state index >= 15 is 0 Å². The van der Waals surface area contributed by atoms with Crippen LogP contribution in [0.15, 0.2) is 47.5 Å². The monoisotopic (exact) mass is 384 g/mol. The van der Waals surface area contributed by atoms with Gasteiger partial charge in [0.25, 0.3) is 15.9 Å². The Morgan fingerprint density at radius 3 is 2.42 bits per heavy atom. The van der Waals surface area contributed by atoms with Crippen molar-refractivity contribution in [3.8, 4) is 17.2 Å². The number of halogens is 3. The predicted octanol–water partition coefficient (Wildman–Crippen LogP) is 2.90. The maximum atomic E-state index is 13.0. The van der Waals surface area contributed by atoms with Crippen molar-refractivity contribution in [1.29, 1.82) is 0 Å². The minimum absolute atomic E-state index is 0.0862. The Morgan fingerprint density at radius 2 is 1.88 bits per heavy atom. The molecule has 0 radical (unpaired) electrons. The Labute approximate surface area is 145 Å². The fourth-order valence-electron chi connectivity index (χ4n) is 2.21. The molecule has 0 aliphatic rings. The average Bonchev–Trinajstić information content (AvgIpc) is 3.00. The van der Waals surface area contributed by atoms with E-state index < -0.39 is 27.0 Å². The quantitative estimate of drug-likeness (QED) is 0.698. The summed E-state index contributed by atoms with van der Waals surface area (Å²) in [6.45, 7) is 1.77. The van der Waals surface area contributed by atoms with E-state index in [0.29, 0.717) is 5.56 Å². The maximum Gasteiger partial charge on any atom is 0.453 e. The summed E-state index contributed by atoms with van der Waals surface area (Å²) >= 11 is 0. The van der Waals surface area contributed by atoms with E-state index in [1.54, 1.807) is 31.2 Å². The van der Waals surface area contributed by atoms with Gasteiger partial charge in [0.2, 0.25) is 0 Å². The standard InChI is InChI=1S/C15H11F3N4O3S/c1-9-3-2-4-10(7-9)13-20-14(15(16,17)18)21-22(13)12-6-5-11(8-19-12)26(23,24)25/h2-8H,1H3,(H,23,24,25). The van der Waals surface area contributed by atoms with Gasteiger partial charge >= 0.3 is 6.18 Å². The molecule has 3 aromatic rings. The number of nitrogens with zero attached hydrogens (tertiary/aromatic N) is 4. The fraction of sp³-hybridized carbons (Fsp3) is 0.133. The lowest BCUT2D eigenvalue weighted by Crippen LogP contribution is -2.09. The van der Waals surface area contributed by atoms with Gasteiger partial charge in [0.15, 0.2) is 11.6 Å². The van der Waals surface area contributed by atoms with Gasteiger partial charge in [-0.3, -0.25) is 4.55 Å². The molecule has 0 unspecified atom stereocenters. The number of hydrogen-bond donors (Lipinski definition) is 1. The first-order valence-corrected chi connectivity index (χ1v) is 8.55. The smallest absolute Gasteiger partial charge is 0.282 e. The third-order valence-corrected chi connectivity index (χ3v) is 4.21. The summed E-state index contributed by atoms with van der Waals surface area (Å²) < 4.78 is 71.1. The summed E-state index contributed by atoms with van der Waals surface area (Å²) in [5.74, 6) is -1.54. The fourth-order valence-corrected chi connectivity index (χ4v) is 2.64. The zero-order chi connectivity index (χ0) is 19.1. The summed E-state index contributed by atoms with van der Waals surface area (Å²) in [4.78, 5) is 6.84. The Bertz CT molecular complexity index is 1060. The molecular formula is C15H11F3N4O3S. The van der Waals surface area contributed by atoms with Crippen molar-refractivity contribution in [1.82, 2.24) is 19.7 Å². The van der Waals surface area contributed by atoms with E-state index in [-0.39, 0.29) is 11.6 Å². The number of aryl methyl sites for hydroxylation is 1. The maximum absolute atomic E-state index is 13.0. The zero-order valence-corrected chi connectivity index (χ0v) is 14.0. The molecule has 26 heavy (non-hydrogen) atoms. The number of benzene rings is 1. The van der Waals surface area contributed by atoms with Gasteiger partial charge in [0.1, 0.15) is 4.90 Å². The Kier molecular flexibility index (Phi) is 4.28. The van der Waals surface area contributed by atoms with Crippen LogP contribution in [0.25, 0.3) is 17.2 Å². The molecule has 1 N–H and O–H groups in total. The van der Waals surface area contributed by atoms with Crippen molar-refractivity contribution >= 4 is 10.1 Å². The van der Waals surface area contributed by atoms with Crippen molar-refractivity contribution in [2.75, 3.05) is 0 Å². The van der Waals surface area contributed by atoms with Gasteiger partial charge in [-0.15, -0.1) is 5.10 Å². The lowest BCUT2D eigenvalue weighted by molar-refractivity contribution is -0.144. The number of aromatic nitrogens is 4. The normalized spacial score (nSPS) is 12.3. The lowest BCUT2D eigenvalue weighted by atomic mass is 10.1. The Hall–Kier alpha value is -2.79. The molecule has 0 fully saturated rings. The predicted molar refractivity (Wildman–Crippen MR) is 84.1 cm³/mol. The van der Waals surface area contributed by atoms with E-state index in [1.165, 1.54) is 0 Å². The SMILES string of the molecule is Cc1cccc(-c2nc(C(F)(F)F)nn2-c2ccc(S(=O)(=O)O)cn2)c1. The molecule has 2 heterocycles. The molecule has 0 bridgehead atoms. The molecule has 2 aromatic heterocycles. The highest BCUT2D eigenvalue weighted by molar-refractivity contribution is 7.85. The third kappa shape index (κ3) is 3.58. The summed E-state index contributed by atoms with van der Waals surface area (Å²) in [5.41, 5.74) is 1.19. The van der Waals surface area contributed by atoms with Crippen molar-refractivity contribution in [3.63, 3.8) is 0 Å². The van der Waals surface area contributed by atoms with Crippen LogP contribution in [0, 0.1) is 6.92 Å². The zero-order valence-electron chi connectivity index (χ0n) is 13.1. The number of alkyl halides is 3. The van der Waals surface area contributed by atoms with E-state index in [0.717, 1.165) is 28.6 Å². The number of pyridine rings is 1. The van der Waals surface area contributed by atoms with E-state index in [9.17, 15) is 21.6 Å². The van der Waals surface area contributed by atoms with Crippen LogP contribution in [-0.2, 0) is 16.3 Å².